The van der Waals surface area contributed by atoms with Gasteiger partial charge in [-0.1, -0.05) is 12.1 Å². The quantitative estimate of drug-likeness (QED) is 0.351. The van der Waals surface area contributed by atoms with E-state index < -0.39 is 5.97 Å². The molecule has 0 amide bonds. The lowest BCUT2D eigenvalue weighted by atomic mass is 10.1. The molecule has 0 aliphatic rings. The number of carbonyl (C=O) groups is 2. The number of methoxy groups -OCH3 is 1. The van der Waals surface area contributed by atoms with E-state index in [1.54, 1.807) is 26.0 Å². The van der Waals surface area contributed by atoms with Crippen molar-refractivity contribution >= 4 is 33.3 Å². The molecule has 1 N–H and O–H groups in total. The van der Waals surface area contributed by atoms with E-state index in [0.29, 0.717) is 27.0 Å². The zero-order valence-electron chi connectivity index (χ0n) is 17.0. The molecular formula is C22H18FN3O4S. The fourth-order valence-electron chi connectivity index (χ4n) is 3.44. The summed E-state index contributed by atoms with van der Waals surface area (Å²) < 4.78 is 23.9. The largest absolute Gasteiger partial charge is 0.469 e. The highest BCUT2D eigenvalue weighted by atomic mass is 32.1. The summed E-state index contributed by atoms with van der Waals surface area (Å²) in [6.07, 6.45) is 1.37. The fourth-order valence-corrected chi connectivity index (χ4v) is 4.35. The number of benzene rings is 1. The lowest BCUT2D eigenvalue weighted by Gasteiger charge is -2.08. The van der Waals surface area contributed by atoms with E-state index in [4.69, 9.17) is 9.47 Å². The van der Waals surface area contributed by atoms with E-state index in [2.05, 4.69) is 15.0 Å². The van der Waals surface area contributed by atoms with Crippen LogP contribution in [-0.2, 0) is 4.74 Å². The zero-order chi connectivity index (χ0) is 22.1. The van der Waals surface area contributed by atoms with E-state index in [1.165, 1.54) is 36.9 Å². The molecule has 0 atom stereocenters. The second kappa shape index (κ2) is 8.27. The number of ether oxygens (including phenoxy) is 2. The van der Waals surface area contributed by atoms with Gasteiger partial charge in [-0.05, 0) is 37.1 Å². The van der Waals surface area contributed by atoms with Crippen LogP contribution >= 0.6 is 11.3 Å². The van der Waals surface area contributed by atoms with Crippen LogP contribution in [0.4, 0.5) is 4.39 Å². The van der Waals surface area contributed by atoms with Crippen molar-refractivity contribution in [1.29, 1.82) is 0 Å². The lowest BCUT2D eigenvalue weighted by molar-refractivity contribution is 0.0599. The molecular weight excluding hydrogens is 421 g/mol. The summed E-state index contributed by atoms with van der Waals surface area (Å²) in [5.74, 6) is -0.912. The number of hydrogen-bond donors (Lipinski definition) is 1. The third-order valence-corrected chi connectivity index (χ3v) is 5.82. The molecule has 0 saturated carbocycles. The second-order valence-electron chi connectivity index (χ2n) is 6.84. The molecule has 1 aromatic carbocycles. The molecule has 0 radical (unpaired) electrons. The highest BCUT2D eigenvalue weighted by molar-refractivity contribution is 7.17. The number of fused-ring (bicyclic) bond motifs is 1. The number of aromatic nitrogens is 3. The highest BCUT2D eigenvalue weighted by Crippen LogP contribution is 2.37. The Balaban J connectivity index is 1.63. The van der Waals surface area contributed by atoms with Crippen LogP contribution in [0.2, 0.25) is 0 Å². The molecule has 4 rings (SSSR count). The topological polar surface area (TPSA) is 94.2 Å². The van der Waals surface area contributed by atoms with Crippen molar-refractivity contribution in [1.82, 2.24) is 15.0 Å². The van der Waals surface area contributed by atoms with Crippen LogP contribution in [0, 0.1) is 19.7 Å². The minimum atomic E-state index is -0.508. The maximum Gasteiger partial charge on any atom is 0.339 e. The average Bonchev–Trinajstić information content (AvgIpc) is 3.33. The minimum Gasteiger partial charge on any atom is -0.469 e. The molecule has 0 aliphatic carbocycles. The predicted molar refractivity (Wildman–Crippen MR) is 114 cm³/mol. The number of halogens is 1. The predicted octanol–water partition coefficient (Wildman–Crippen LogP) is 4.49. The van der Waals surface area contributed by atoms with Crippen molar-refractivity contribution < 1.29 is 23.5 Å². The van der Waals surface area contributed by atoms with Gasteiger partial charge in [-0.3, -0.25) is 4.79 Å². The van der Waals surface area contributed by atoms with Crippen molar-refractivity contribution in [3.63, 3.8) is 0 Å². The number of aromatic amines is 1. The first kappa shape index (κ1) is 20.7. The summed E-state index contributed by atoms with van der Waals surface area (Å²) in [5.41, 5.74) is 3.26. The molecule has 7 nitrogen and oxygen atoms in total. The number of nitrogens with one attached hydrogen (secondary N) is 1. The number of carbonyl (C=O) groups excluding carboxylic acids is 2. The third kappa shape index (κ3) is 3.79. The van der Waals surface area contributed by atoms with Gasteiger partial charge in [0.15, 0.2) is 6.61 Å². The fraction of sp³-hybridized carbons (Fsp3) is 0.182. The van der Waals surface area contributed by atoms with Crippen LogP contribution in [0.25, 0.3) is 21.3 Å². The minimum absolute atomic E-state index is 0.257. The Labute approximate surface area is 180 Å². The van der Waals surface area contributed by atoms with Crippen molar-refractivity contribution in [2.45, 2.75) is 13.8 Å². The summed E-state index contributed by atoms with van der Waals surface area (Å²) in [7, 11) is 1.29. The second-order valence-corrected chi connectivity index (χ2v) is 7.70. The number of Topliss-reactive ketones (excluding diaryl/α,β-unsaturated/α-hetero) is 1. The van der Waals surface area contributed by atoms with Crippen LogP contribution < -0.4 is 4.74 Å². The van der Waals surface area contributed by atoms with Gasteiger partial charge < -0.3 is 14.5 Å². The lowest BCUT2D eigenvalue weighted by Crippen LogP contribution is -2.14. The zero-order valence-corrected chi connectivity index (χ0v) is 17.8. The Morgan fingerprint density at radius 1 is 1.16 bits per heavy atom. The van der Waals surface area contributed by atoms with Crippen LogP contribution in [-0.4, -0.2) is 40.4 Å². The number of ketones is 1. The van der Waals surface area contributed by atoms with Gasteiger partial charge in [0, 0.05) is 16.6 Å². The summed E-state index contributed by atoms with van der Waals surface area (Å²) >= 11 is 1.40. The maximum atomic E-state index is 13.3. The molecule has 31 heavy (non-hydrogen) atoms. The van der Waals surface area contributed by atoms with Gasteiger partial charge in [0.1, 0.15) is 17.0 Å². The monoisotopic (exact) mass is 439 g/mol. The standard InChI is InChI=1S/C22H18FN3O4S/c1-11-17(22(28)29-3)12(2)26-19(11)16(27)8-30-20-18-15(9-31-21(18)25-10-24-20)13-4-6-14(23)7-5-13/h4-7,9-10,26H,8H2,1-3H3. The Bertz CT molecular complexity index is 1290. The van der Waals surface area contributed by atoms with Crippen LogP contribution in [0.15, 0.2) is 36.0 Å². The highest BCUT2D eigenvalue weighted by Gasteiger charge is 2.23. The number of esters is 1. The first-order chi connectivity index (χ1) is 14.9. The number of hydrogen-bond acceptors (Lipinski definition) is 7. The molecule has 0 aliphatic heterocycles. The maximum absolute atomic E-state index is 13.3. The smallest absolute Gasteiger partial charge is 0.339 e. The van der Waals surface area contributed by atoms with E-state index in [-0.39, 0.29) is 29.8 Å². The molecule has 3 heterocycles. The summed E-state index contributed by atoms with van der Waals surface area (Å²) in [6.45, 7) is 3.09. The third-order valence-electron chi connectivity index (χ3n) is 4.94. The van der Waals surface area contributed by atoms with Gasteiger partial charge in [0.2, 0.25) is 11.7 Å². The van der Waals surface area contributed by atoms with E-state index in [1.807, 2.05) is 5.38 Å². The van der Waals surface area contributed by atoms with Crippen LogP contribution in [0.5, 0.6) is 5.88 Å². The Morgan fingerprint density at radius 2 is 1.90 bits per heavy atom. The molecule has 3 aromatic heterocycles. The van der Waals surface area contributed by atoms with Crippen LogP contribution in [0.3, 0.4) is 0 Å². The SMILES string of the molecule is COC(=O)c1c(C)[nH]c(C(=O)COc2ncnc3scc(-c4ccc(F)cc4)c23)c1C. The first-order valence-electron chi connectivity index (χ1n) is 9.32. The molecule has 9 heteroatoms. The van der Waals surface area contributed by atoms with Gasteiger partial charge in [-0.25, -0.2) is 19.2 Å². The van der Waals surface area contributed by atoms with Crippen molar-refractivity contribution in [3.05, 3.63) is 64.3 Å². The van der Waals surface area contributed by atoms with Gasteiger partial charge in [-0.2, -0.15) is 0 Å². The summed E-state index contributed by atoms with van der Waals surface area (Å²) in [5, 5.41) is 2.55. The number of rotatable bonds is 6. The number of H-pyrrole nitrogens is 1. The van der Waals surface area contributed by atoms with E-state index >= 15 is 0 Å². The Kier molecular flexibility index (Phi) is 5.51. The van der Waals surface area contributed by atoms with Gasteiger partial charge in [-0.15, -0.1) is 11.3 Å². The van der Waals surface area contributed by atoms with Crippen molar-refractivity contribution in [3.8, 4) is 17.0 Å². The normalized spacial score (nSPS) is 11.0. The summed E-state index contributed by atoms with van der Waals surface area (Å²) in [4.78, 5) is 36.8. The van der Waals surface area contributed by atoms with Gasteiger partial charge >= 0.3 is 5.97 Å². The molecule has 158 valence electrons. The van der Waals surface area contributed by atoms with Crippen LogP contribution in [0.1, 0.15) is 32.1 Å². The molecule has 0 saturated heterocycles. The van der Waals surface area contributed by atoms with Crippen molar-refractivity contribution in [2.75, 3.05) is 13.7 Å². The molecule has 0 bridgehead atoms. The molecule has 4 aromatic rings. The number of aryl methyl sites for hydroxylation is 1. The van der Waals surface area contributed by atoms with Gasteiger partial charge in [0.05, 0.1) is 23.8 Å². The Hall–Kier alpha value is -3.59. The molecule has 0 spiro atoms. The Morgan fingerprint density at radius 3 is 2.61 bits per heavy atom. The number of nitrogens with zero attached hydrogens (tertiary/aromatic N) is 2. The van der Waals surface area contributed by atoms with Crippen molar-refractivity contribution in [2.24, 2.45) is 0 Å². The number of thiophene rings is 1. The summed E-state index contributed by atoms with van der Waals surface area (Å²) in [6, 6.07) is 6.08. The first-order valence-corrected chi connectivity index (χ1v) is 10.2. The van der Waals surface area contributed by atoms with E-state index in [9.17, 15) is 14.0 Å². The molecule has 0 fully saturated rings. The van der Waals surface area contributed by atoms with E-state index in [0.717, 1.165) is 11.1 Å². The average molecular weight is 439 g/mol. The van der Waals surface area contributed by atoms with Gasteiger partial charge in [0.25, 0.3) is 0 Å². The molecule has 0 unspecified atom stereocenters.